The van der Waals surface area contributed by atoms with E-state index in [0.29, 0.717) is 12.0 Å². The Hall–Kier alpha value is -1.20. The summed E-state index contributed by atoms with van der Waals surface area (Å²) in [6.45, 7) is 8.31. The minimum absolute atomic E-state index is 0.335. The fourth-order valence-electron chi connectivity index (χ4n) is 2.49. The Bertz CT molecular complexity index is 565. The van der Waals surface area contributed by atoms with Gasteiger partial charge in [0.25, 0.3) is 0 Å². The van der Waals surface area contributed by atoms with E-state index in [1.807, 2.05) is 4.68 Å². The lowest BCUT2D eigenvalue weighted by molar-refractivity contribution is 0.484. The van der Waals surface area contributed by atoms with Crippen LogP contribution in [-0.4, -0.2) is 27.9 Å². The van der Waals surface area contributed by atoms with Crippen LogP contribution in [0.15, 0.2) is 35.1 Å². The maximum atomic E-state index is 4.45. The average Bonchev–Trinajstić information content (AvgIpc) is 2.92. The van der Waals surface area contributed by atoms with Crippen LogP contribution in [0.5, 0.6) is 0 Å². The largest absolute Gasteiger partial charge is 0.316 e. The van der Waals surface area contributed by atoms with Crippen LogP contribution in [0.1, 0.15) is 44.1 Å². The fraction of sp³-hybridized carbons (Fsp3) is 0.500. The molecule has 1 aromatic carbocycles. The molecular weight excluding hydrogens is 328 g/mol. The van der Waals surface area contributed by atoms with Gasteiger partial charge in [0, 0.05) is 29.4 Å². The van der Waals surface area contributed by atoms with Crippen LogP contribution in [0.2, 0.25) is 0 Å². The Morgan fingerprint density at radius 3 is 2.71 bits per heavy atom. The highest BCUT2D eigenvalue weighted by atomic mass is 79.9. The molecule has 114 valence electrons. The van der Waals surface area contributed by atoms with Crippen molar-refractivity contribution in [3.05, 3.63) is 46.5 Å². The molecule has 5 heteroatoms. The van der Waals surface area contributed by atoms with Crippen LogP contribution in [0.25, 0.3) is 0 Å². The van der Waals surface area contributed by atoms with Gasteiger partial charge in [0.05, 0.1) is 0 Å². The molecule has 0 radical (unpaired) electrons. The second-order valence-electron chi connectivity index (χ2n) is 5.44. The summed E-state index contributed by atoms with van der Waals surface area (Å²) in [6, 6.07) is 8.76. The van der Waals surface area contributed by atoms with E-state index in [4.69, 9.17) is 0 Å². The molecule has 0 spiro atoms. The van der Waals surface area contributed by atoms with E-state index in [0.717, 1.165) is 29.8 Å². The van der Waals surface area contributed by atoms with E-state index in [1.54, 1.807) is 6.33 Å². The second kappa shape index (κ2) is 7.71. The molecule has 0 amide bonds. The summed E-state index contributed by atoms with van der Waals surface area (Å²) in [4.78, 5) is 4.45. The van der Waals surface area contributed by atoms with E-state index < -0.39 is 0 Å². The van der Waals surface area contributed by atoms with Gasteiger partial charge in [0.1, 0.15) is 12.2 Å². The Balaban J connectivity index is 2.24. The van der Waals surface area contributed by atoms with E-state index in [2.05, 4.69) is 76.4 Å². The maximum absolute atomic E-state index is 4.45. The summed E-state index contributed by atoms with van der Waals surface area (Å²) in [6.07, 6.45) is 2.54. The van der Waals surface area contributed by atoms with Gasteiger partial charge in [-0.15, -0.1) is 0 Å². The van der Waals surface area contributed by atoms with Crippen LogP contribution in [-0.2, 0) is 6.42 Å². The smallest absolute Gasteiger partial charge is 0.138 e. The van der Waals surface area contributed by atoms with Gasteiger partial charge in [-0.3, -0.25) is 0 Å². The number of halogens is 1. The average molecular weight is 351 g/mol. The number of nitrogens with one attached hydrogen (secondary N) is 1. The zero-order chi connectivity index (χ0) is 15.2. The third kappa shape index (κ3) is 4.14. The minimum atomic E-state index is 0.335. The molecule has 1 aromatic heterocycles. The first kappa shape index (κ1) is 16.2. The Labute approximate surface area is 135 Å². The van der Waals surface area contributed by atoms with Crippen molar-refractivity contribution >= 4 is 15.9 Å². The number of hydrogen-bond donors (Lipinski definition) is 1. The third-order valence-corrected chi connectivity index (χ3v) is 4.27. The number of likely N-dealkylation sites (N-methyl/N-ethyl adjacent to an activating group) is 1. The van der Waals surface area contributed by atoms with Gasteiger partial charge in [-0.05, 0) is 32.0 Å². The lowest BCUT2D eigenvalue weighted by atomic mass is 9.95. The van der Waals surface area contributed by atoms with E-state index in [-0.39, 0.29) is 0 Å². The highest BCUT2D eigenvalue weighted by Gasteiger charge is 2.18. The van der Waals surface area contributed by atoms with Crippen molar-refractivity contribution in [1.29, 1.82) is 0 Å². The van der Waals surface area contributed by atoms with Gasteiger partial charge in [-0.1, -0.05) is 41.1 Å². The molecule has 0 bridgehead atoms. The first-order valence-electron chi connectivity index (χ1n) is 7.47. The van der Waals surface area contributed by atoms with Gasteiger partial charge in [-0.25, -0.2) is 9.67 Å². The molecule has 1 atom stereocenters. The Morgan fingerprint density at radius 1 is 1.29 bits per heavy atom. The van der Waals surface area contributed by atoms with Gasteiger partial charge in [-0.2, -0.15) is 5.10 Å². The van der Waals surface area contributed by atoms with Crippen LogP contribution in [0.3, 0.4) is 0 Å². The normalized spacial score (nSPS) is 12.8. The van der Waals surface area contributed by atoms with Crippen molar-refractivity contribution in [2.24, 2.45) is 0 Å². The monoisotopic (exact) mass is 350 g/mol. The molecule has 0 saturated heterocycles. The fourth-order valence-corrected chi connectivity index (χ4v) is 3.10. The van der Waals surface area contributed by atoms with Gasteiger partial charge < -0.3 is 5.32 Å². The molecule has 1 unspecified atom stereocenters. The molecule has 0 saturated carbocycles. The Kier molecular flexibility index (Phi) is 5.94. The lowest BCUT2D eigenvalue weighted by Crippen LogP contribution is -2.24. The maximum Gasteiger partial charge on any atom is 0.138 e. The second-order valence-corrected chi connectivity index (χ2v) is 6.30. The molecule has 1 N–H and O–H groups in total. The van der Waals surface area contributed by atoms with Crippen LogP contribution in [0, 0.1) is 0 Å². The number of benzene rings is 1. The van der Waals surface area contributed by atoms with E-state index in [1.165, 1.54) is 5.56 Å². The molecule has 0 aliphatic heterocycles. The molecule has 21 heavy (non-hydrogen) atoms. The zero-order valence-electron chi connectivity index (χ0n) is 12.9. The van der Waals surface area contributed by atoms with Crippen molar-refractivity contribution < 1.29 is 0 Å². The summed E-state index contributed by atoms with van der Waals surface area (Å²) in [5.74, 6) is 1.42. The summed E-state index contributed by atoms with van der Waals surface area (Å²) >= 11 is 3.67. The topological polar surface area (TPSA) is 42.7 Å². The molecule has 4 nitrogen and oxygen atoms in total. The number of nitrogens with zero attached hydrogens (tertiary/aromatic N) is 3. The molecule has 2 aromatic rings. The predicted molar refractivity (Wildman–Crippen MR) is 89.5 cm³/mol. The van der Waals surface area contributed by atoms with Crippen molar-refractivity contribution in [2.45, 2.75) is 39.2 Å². The summed E-state index contributed by atoms with van der Waals surface area (Å²) in [5.41, 5.74) is 1.32. The first-order valence-corrected chi connectivity index (χ1v) is 8.26. The highest BCUT2D eigenvalue weighted by Crippen LogP contribution is 2.27. The quantitative estimate of drug-likeness (QED) is 0.830. The van der Waals surface area contributed by atoms with Gasteiger partial charge in [0.2, 0.25) is 0 Å². The number of hydrogen-bond acceptors (Lipinski definition) is 3. The van der Waals surface area contributed by atoms with Crippen LogP contribution < -0.4 is 5.32 Å². The lowest BCUT2D eigenvalue weighted by Gasteiger charge is -2.20. The molecular formula is C16H23BrN4. The predicted octanol–water partition coefficient (Wildman–Crippen LogP) is 3.56. The SMILES string of the molecule is CCNCC(Cc1ncnn1C(C)C)c1ccccc1Br. The van der Waals surface area contributed by atoms with E-state index >= 15 is 0 Å². The minimum Gasteiger partial charge on any atom is -0.316 e. The summed E-state index contributed by atoms with van der Waals surface area (Å²) in [5, 5.41) is 7.80. The number of rotatable bonds is 7. The molecule has 0 aliphatic rings. The van der Waals surface area contributed by atoms with Gasteiger partial charge >= 0.3 is 0 Å². The van der Waals surface area contributed by atoms with Crippen LogP contribution >= 0.6 is 15.9 Å². The third-order valence-electron chi connectivity index (χ3n) is 3.55. The molecule has 0 aliphatic carbocycles. The molecule has 1 heterocycles. The van der Waals surface area contributed by atoms with Crippen molar-refractivity contribution in [3.8, 4) is 0 Å². The van der Waals surface area contributed by atoms with E-state index in [9.17, 15) is 0 Å². The summed E-state index contributed by atoms with van der Waals surface area (Å²) in [7, 11) is 0. The Morgan fingerprint density at radius 2 is 2.05 bits per heavy atom. The van der Waals surface area contributed by atoms with Crippen molar-refractivity contribution in [1.82, 2.24) is 20.1 Å². The van der Waals surface area contributed by atoms with Crippen molar-refractivity contribution in [2.75, 3.05) is 13.1 Å². The zero-order valence-corrected chi connectivity index (χ0v) is 14.5. The van der Waals surface area contributed by atoms with Crippen LogP contribution in [0.4, 0.5) is 0 Å². The number of aromatic nitrogens is 3. The molecule has 0 fully saturated rings. The van der Waals surface area contributed by atoms with Gasteiger partial charge in [0.15, 0.2) is 0 Å². The first-order chi connectivity index (χ1) is 10.1. The van der Waals surface area contributed by atoms with Crippen molar-refractivity contribution in [3.63, 3.8) is 0 Å². The standard InChI is InChI=1S/C16H23BrN4/c1-4-18-10-13(14-7-5-6-8-15(14)17)9-16-19-11-20-21(16)12(2)3/h5-8,11-13,18H,4,9-10H2,1-3H3. The molecule has 2 rings (SSSR count). The highest BCUT2D eigenvalue weighted by molar-refractivity contribution is 9.10. The summed E-state index contributed by atoms with van der Waals surface area (Å²) < 4.78 is 3.17.